The second-order valence-corrected chi connectivity index (χ2v) is 4.20. The van der Waals surface area contributed by atoms with Crippen molar-refractivity contribution in [1.29, 1.82) is 0 Å². The lowest BCUT2D eigenvalue weighted by Crippen LogP contribution is -2.43. The summed E-state index contributed by atoms with van der Waals surface area (Å²) in [7, 11) is 0. The van der Waals surface area contributed by atoms with Crippen LogP contribution in [-0.4, -0.2) is 23.9 Å². The minimum absolute atomic E-state index is 0.151. The van der Waals surface area contributed by atoms with Crippen molar-refractivity contribution < 1.29 is 14.1 Å². The van der Waals surface area contributed by atoms with Gasteiger partial charge in [0.15, 0.2) is 0 Å². The maximum atomic E-state index is 13.4. The van der Waals surface area contributed by atoms with Gasteiger partial charge in [-0.1, -0.05) is 0 Å². The third-order valence-electron chi connectivity index (χ3n) is 2.77. The summed E-state index contributed by atoms with van der Waals surface area (Å²) in [6.07, 6.45) is 0.287. The molecule has 0 spiro atoms. The van der Waals surface area contributed by atoms with Gasteiger partial charge in [0.1, 0.15) is 5.82 Å². The van der Waals surface area contributed by atoms with Gasteiger partial charge in [-0.05, 0) is 25.1 Å². The number of hydrogen-bond acceptors (Lipinski definition) is 4. The van der Waals surface area contributed by atoms with Crippen LogP contribution in [0.15, 0.2) is 18.2 Å². The number of amides is 1. The number of nitro benzene ring substituents is 1. The van der Waals surface area contributed by atoms with Crippen LogP contribution >= 0.6 is 0 Å². The highest BCUT2D eigenvalue weighted by Gasteiger charge is 2.21. The Labute approximate surface area is 102 Å². The average molecular weight is 253 g/mol. The van der Waals surface area contributed by atoms with Gasteiger partial charge < -0.3 is 10.6 Å². The zero-order valence-corrected chi connectivity index (χ0v) is 9.48. The van der Waals surface area contributed by atoms with Crippen molar-refractivity contribution in [3.05, 3.63) is 34.1 Å². The largest absolute Gasteiger partial charge is 0.323 e. The first kappa shape index (κ1) is 12.4. The molecule has 6 nitrogen and oxygen atoms in total. The van der Waals surface area contributed by atoms with Gasteiger partial charge in [-0.3, -0.25) is 14.9 Å². The van der Waals surface area contributed by atoms with Gasteiger partial charge in [0.05, 0.1) is 10.6 Å². The lowest BCUT2D eigenvalue weighted by Gasteiger charge is -2.26. The van der Waals surface area contributed by atoms with Gasteiger partial charge in [-0.15, -0.1) is 0 Å². The van der Waals surface area contributed by atoms with Crippen LogP contribution in [0.2, 0.25) is 0 Å². The standard InChI is InChI=1S/C11H12FN3O3/c12-9-2-1-8(15(17)18)4-10(9)14-11(16)3-7-5-13-6-7/h1-2,4,7,13H,3,5-6H2,(H,14,16). The Morgan fingerprint density at radius 3 is 2.83 bits per heavy atom. The number of nitrogens with one attached hydrogen (secondary N) is 2. The number of nitro groups is 1. The van der Waals surface area contributed by atoms with Crippen LogP contribution in [0.4, 0.5) is 15.8 Å². The van der Waals surface area contributed by atoms with Gasteiger partial charge in [0.2, 0.25) is 5.91 Å². The summed E-state index contributed by atoms with van der Waals surface area (Å²) in [5.41, 5.74) is -0.404. The zero-order valence-electron chi connectivity index (χ0n) is 9.48. The highest BCUT2D eigenvalue weighted by molar-refractivity contribution is 5.91. The molecule has 2 N–H and O–H groups in total. The van der Waals surface area contributed by atoms with Crippen LogP contribution in [0.1, 0.15) is 6.42 Å². The number of halogens is 1. The number of rotatable bonds is 4. The second-order valence-electron chi connectivity index (χ2n) is 4.20. The van der Waals surface area contributed by atoms with E-state index in [1.807, 2.05) is 0 Å². The van der Waals surface area contributed by atoms with E-state index in [1.54, 1.807) is 0 Å². The molecule has 1 aliphatic heterocycles. The lowest BCUT2D eigenvalue weighted by molar-refractivity contribution is -0.384. The van der Waals surface area contributed by atoms with E-state index in [0.29, 0.717) is 0 Å². The predicted molar refractivity (Wildman–Crippen MR) is 62.7 cm³/mol. The highest BCUT2D eigenvalue weighted by Crippen LogP contribution is 2.22. The number of carbonyl (C=O) groups excluding carboxylic acids is 1. The fraction of sp³-hybridized carbons (Fsp3) is 0.364. The Bertz CT molecular complexity index is 488. The molecule has 7 heteroatoms. The number of anilines is 1. The van der Waals surface area contributed by atoms with Gasteiger partial charge in [0.25, 0.3) is 5.69 Å². The summed E-state index contributed by atoms with van der Waals surface area (Å²) in [4.78, 5) is 21.5. The van der Waals surface area contributed by atoms with E-state index in [0.717, 1.165) is 31.3 Å². The molecule has 0 saturated carbocycles. The summed E-state index contributed by atoms with van der Waals surface area (Å²) in [5.74, 6) is -0.756. The topological polar surface area (TPSA) is 84.3 Å². The molecule has 1 aromatic carbocycles. The quantitative estimate of drug-likeness (QED) is 0.625. The van der Waals surface area contributed by atoms with Crippen molar-refractivity contribution in [3.63, 3.8) is 0 Å². The Morgan fingerprint density at radius 1 is 1.56 bits per heavy atom. The van der Waals surface area contributed by atoms with Crippen LogP contribution in [0.5, 0.6) is 0 Å². The fourth-order valence-corrected chi connectivity index (χ4v) is 1.68. The molecular formula is C11H12FN3O3. The monoisotopic (exact) mass is 253 g/mol. The van der Waals surface area contributed by atoms with E-state index in [4.69, 9.17) is 0 Å². The smallest absolute Gasteiger partial charge is 0.271 e. The first-order valence-electron chi connectivity index (χ1n) is 5.51. The SMILES string of the molecule is O=C(CC1CNC1)Nc1cc([N+](=O)[O-])ccc1F. The third kappa shape index (κ3) is 2.80. The van der Waals surface area contributed by atoms with Gasteiger partial charge in [0, 0.05) is 18.6 Å². The molecular weight excluding hydrogens is 241 g/mol. The molecule has 0 radical (unpaired) electrons. The lowest BCUT2D eigenvalue weighted by atomic mass is 9.99. The molecule has 0 aromatic heterocycles. The van der Waals surface area contributed by atoms with Crippen molar-refractivity contribution in [2.75, 3.05) is 18.4 Å². The molecule has 0 bridgehead atoms. The summed E-state index contributed by atoms with van der Waals surface area (Å²) in [5, 5.41) is 15.9. The van der Waals surface area contributed by atoms with E-state index >= 15 is 0 Å². The molecule has 2 rings (SSSR count). The molecule has 0 unspecified atom stereocenters. The third-order valence-corrected chi connectivity index (χ3v) is 2.77. The van der Waals surface area contributed by atoms with E-state index in [2.05, 4.69) is 10.6 Å². The zero-order chi connectivity index (χ0) is 13.1. The number of carbonyl (C=O) groups is 1. The summed E-state index contributed by atoms with van der Waals surface area (Å²) in [6, 6.07) is 3.05. The fourth-order valence-electron chi connectivity index (χ4n) is 1.68. The minimum Gasteiger partial charge on any atom is -0.323 e. The Morgan fingerprint density at radius 2 is 2.28 bits per heavy atom. The van der Waals surface area contributed by atoms with Crippen LogP contribution in [0.3, 0.4) is 0 Å². The number of hydrogen-bond donors (Lipinski definition) is 2. The Hall–Kier alpha value is -2.02. The van der Waals surface area contributed by atoms with E-state index in [9.17, 15) is 19.3 Å². The van der Waals surface area contributed by atoms with E-state index in [-0.39, 0.29) is 29.6 Å². The van der Waals surface area contributed by atoms with Crippen molar-refractivity contribution in [3.8, 4) is 0 Å². The maximum absolute atomic E-state index is 13.4. The number of nitrogens with zero attached hydrogens (tertiary/aromatic N) is 1. The van der Waals surface area contributed by atoms with Gasteiger partial charge in [-0.25, -0.2) is 4.39 Å². The summed E-state index contributed by atoms with van der Waals surface area (Å²) in [6.45, 7) is 1.54. The van der Waals surface area contributed by atoms with E-state index < -0.39 is 10.7 Å². The van der Waals surface area contributed by atoms with Crippen LogP contribution in [0.25, 0.3) is 0 Å². The molecule has 1 aliphatic rings. The molecule has 18 heavy (non-hydrogen) atoms. The van der Waals surface area contributed by atoms with Crippen molar-refractivity contribution in [2.24, 2.45) is 5.92 Å². The molecule has 96 valence electrons. The Balaban J connectivity index is 2.04. The van der Waals surface area contributed by atoms with Crippen LogP contribution in [0, 0.1) is 21.8 Å². The summed E-state index contributed by atoms with van der Waals surface area (Å²) < 4.78 is 13.4. The molecule has 1 aromatic rings. The molecule has 1 heterocycles. The van der Waals surface area contributed by atoms with E-state index in [1.165, 1.54) is 0 Å². The molecule has 0 atom stereocenters. The first-order valence-corrected chi connectivity index (χ1v) is 5.51. The summed E-state index contributed by atoms with van der Waals surface area (Å²) >= 11 is 0. The van der Waals surface area contributed by atoms with Gasteiger partial charge >= 0.3 is 0 Å². The normalized spacial score (nSPS) is 14.9. The minimum atomic E-state index is -0.680. The highest BCUT2D eigenvalue weighted by atomic mass is 19.1. The average Bonchev–Trinajstić information content (AvgIpc) is 2.26. The second kappa shape index (κ2) is 5.09. The molecule has 1 saturated heterocycles. The van der Waals surface area contributed by atoms with Crippen molar-refractivity contribution in [2.45, 2.75) is 6.42 Å². The maximum Gasteiger partial charge on any atom is 0.271 e. The predicted octanol–water partition coefficient (Wildman–Crippen LogP) is 1.28. The number of non-ortho nitro benzene ring substituents is 1. The first-order chi connectivity index (χ1) is 8.56. The molecule has 1 amide bonds. The van der Waals surface area contributed by atoms with Crippen LogP contribution < -0.4 is 10.6 Å². The van der Waals surface area contributed by atoms with Crippen LogP contribution in [-0.2, 0) is 4.79 Å². The van der Waals surface area contributed by atoms with Crippen molar-refractivity contribution >= 4 is 17.3 Å². The van der Waals surface area contributed by atoms with Gasteiger partial charge in [-0.2, -0.15) is 0 Å². The molecule has 1 fully saturated rings. The number of benzene rings is 1. The van der Waals surface area contributed by atoms with Crippen molar-refractivity contribution in [1.82, 2.24) is 5.32 Å². The molecule has 0 aliphatic carbocycles. The Kier molecular flexibility index (Phi) is 3.52.